The average molecular weight is 237 g/mol. The van der Waals surface area contributed by atoms with Crippen molar-refractivity contribution in [1.29, 1.82) is 0 Å². The highest BCUT2D eigenvalue weighted by molar-refractivity contribution is 14.2. The first-order valence-corrected chi connectivity index (χ1v) is 5.62. The van der Waals surface area contributed by atoms with Crippen LogP contribution in [-0.2, 0) is 0 Å². The number of nitrogens with zero attached hydrogens (tertiary/aromatic N) is 1. The molecule has 9 heavy (non-hydrogen) atoms. The molecule has 0 aromatic carbocycles. The van der Waals surface area contributed by atoms with Crippen LogP contribution >= 0.6 is 21.0 Å². The molecule has 0 amide bonds. The Morgan fingerprint density at radius 2 is 2.67 bits per heavy atom. The third-order valence-electron chi connectivity index (χ3n) is 1.37. The van der Waals surface area contributed by atoms with Crippen molar-refractivity contribution in [2.24, 2.45) is 3.15 Å². The Bertz CT molecular complexity index is 129. The summed E-state index contributed by atoms with van der Waals surface area (Å²) in [6.45, 7) is 2.23. The lowest BCUT2D eigenvalue weighted by molar-refractivity contribution is 0.623. The van der Waals surface area contributed by atoms with E-state index in [1.807, 2.05) is 0 Å². The van der Waals surface area contributed by atoms with Crippen molar-refractivity contribution < 1.29 is 0 Å². The van der Waals surface area contributed by atoms with E-state index in [1.165, 1.54) is 19.3 Å². The van der Waals surface area contributed by atoms with Crippen molar-refractivity contribution in [3.8, 4) is 0 Å². The Hall–Kier alpha value is 0.270. The topological polar surface area (TPSA) is 12.4 Å². The van der Waals surface area contributed by atoms with Crippen LogP contribution in [0.3, 0.4) is 0 Å². The van der Waals surface area contributed by atoms with Crippen LogP contribution in [0.15, 0.2) is 13.3 Å². The van der Waals surface area contributed by atoms with Gasteiger partial charge in [0, 0.05) is 21.0 Å². The lowest BCUT2D eigenvalue weighted by atomic mass is 10.1. The van der Waals surface area contributed by atoms with Crippen molar-refractivity contribution in [2.75, 3.05) is 0 Å². The highest BCUT2D eigenvalue weighted by atomic mass is 127. The average Bonchev–Trinajstić information content (AvgIpc) is 1.91. The minimum Gasteiger partial charge on any atom is -0.255 e. The Balaban J connectivity index is 2.28. The maximum Gasteiger partial charge on any atom is 0.0592 e. The summed E-state index contributed by atoms with van der Waals surface area (Å²) >= 11 is 0.106. The first kappa shape index (κ1) is 7.38. The minimum atomic E-state index is 0.106. The predicted octanol–water partition coefficient (Wildman–Crippen LogP) is 3.23. The number of halogens is 1. The molecule has 1 aliphatic heterocycles. The third kappa shape index (κ3) is 2.56. The van der Waals surface area contributed by atoms with Crippen LogP contribution in [-0.4, -0.2) is 6.04 Å². The van der Waals surface area contributed by atoms with Crippen LogP contribution in [0.25, 0.3) is 0 Å². The molecular formula is C7H12IN. The fraction of sp³-hybridized carbons (Fsp3) is 0.714. The normalized spacial score (nSPS) is 25.7. The summed E-state index contributed by atoms with van der Waals surface area (Å²) in [5.41, 5.74) is 0. The Morgan fingerprint density at radius 3 is 3.22 bits per heavy atom. The third-order valence-corrected chi connectivity index (χ3v) is 3.31. The Morgan fingerprint density at radius 1 is 1.78 bits per heavy atom. The van der Waals surface area contributed by atoms with Gasteiger partial charge in [-0.3, -0.25) is 3.15 Å². The van der Waals surface area contributed by atoms with E-state index in [9.17, 15) is 0 Å². The van der Waals surface area contributed by atoms with Gasteiger partial charge in [-0.2, -0.15) is 0 Å². The van der Waals surface area contributed by atoms with E-state index < -0.39 is 0 Å². The van der Waals surface area contributed by atoms with Crippen LogP contribution in [0.2, 0.25) is 0 Å². The predicted molar refractivity (Wildman–Crippen MR) is 48.9 cm³/mol. The quantitative estimate of drug-likeness (QED) is 0.654. The van der Waals surface area contributed by atoms with Crippen molar-refractivity contribution in [1.82, 2.24) is 0 Å². The second-order valence-corrected chi connectivity index (χ2v) is 4.07. The number of rotatable bonds is 2. The Labute approximate surface area is 66.7 Å². The van der Waals surface area contributed by atoms with Crippen molar-refractivity contribution in [3.05, 3.63) is 10.2 Å². The zero-order chi connectivity index (χ0) is 6.53. The van der Waals surface area contributed by atoms with Gasteiger partial charge < -0.3 is 0 Å². The van der Waals surface area contributed by atoms with Crippen LogP contribution in [0, 0.1) is 0 Å². The van der Waals surface area contributed by atoms with Gasteiger partial charge in [-0.05, 0) is 16.9 Å². The highest BCUT2D eigenvalue weighted by Crippen LogP contribution is 2.19. The van der Waals surface area contributed by atoms with Crippen molar-refractivity contribution in [2.45, 2.75) is 32.2 Å². The maximum atomic E-state index is 4.54. The summed E-state index contributed by atoms with van der Waals surface area (Å²) in [6, 6.07) is 0.688. The van der Waals surface area contributed by atoms with Gasteiger partial charge in [0.1, 0.15) is 0 Å². The van der Waals surface area contributed by atoms with Crippen LogP contribution in [0.4, 0.5) is 0 Å². The van der Waals surface area contributed by atoms with Crippen LogP contribution in [0.5, 0.6) is 0 Å². The summed E-state index contributed by atoms with van der Waals surface area (Å²) in [4.78, 5) is 0. The van der Waals surface area contributed by atoms with Crippen molar-refractivity contribution >= 4 is 21.0 Å². The molecule has 0 bridgehead atoms. The van der Waals surface area contributed by atoms with E-state index >= 15 is 0 Å². The van der Waals surface area contributed by atoms with E-state index in [0.29, 0.717) is 6.04 Å². The van der Waals surface area contributed by atoms with Gasteiger partial charge in [-0.15, -0.1) is 0 Å². The second-order valence-electron chi connectivity index (χ2n) is 2.24. The minimum absolute atomic E-state index is 0.106. The summed E-state index contributed by atoms with van der Waals surface area (Å²) < 4.78 is 6.80. The van der Waals surface area contributed by atoms with Gasteiger partial charge >= 0.3 is 0 Å². The largest absolute Gasteiger partial charge is 0.255 e. The highest BCUT2D eigenvalue weighted by Gasteiger charge is 2.03. The molecule has 0 saturated carbocycles. The van der Waals surface area contributed by atoms with Gasteiger partial charge in [0.25, 0.3) is 0 Å². The molecule has 52 valence electrons. The van der Waals surface area contributed by atoms with E-state index in [-0.39, 0.29) is 21.0 Å². The molecule has 0 radical (unpaired) electrons. The monoisotopic (exact) mass is 237 g/mol. The molecule has 0 fully saturated rings. The zero-order valence-electron chi connectivity index (χ0n) is 5.68. The van der Waals surface area contributed by atoms with E-state index in [2.05, 4.69) is 20.2 Å². The molecule has 1 atom stereocenters. The zero-order valence-corrected chi connectivity index (χ0v) is 7.84. The summed E-state index contributed by atoms with van der Waals surface area (Å²) in [5.74, 6) is 0. The van der Waals surface area contributed by atoms with E-state index in [1.54, 1.807) is 0 Å². The lowest BCUT2D eigenvalue weighted by Gasteiger charge is -2.08. The fourth-order valence-electron chi connectivity index (χ4n) is 0.900. The van der Waals surface area contributed by atoms with Gasteiger partial charge in [0.15, 0.2) is 0 Å². The second kappa shape index (κ2) is 4.14. The number of hydrogen-bond donors (Lipinski definition) is 0. The van der Waals surface area contributed by atoms with E-state index in [0.717, 1.165) is 0 Å². The smallest absolute Gasteiger partial charge is 0.0592 e. The molecule has 0 aromatic rings. The fourth-order valence-corrected chi connectivity index (χ4v) is 2.57. The first-order valence-electron chi connectivity index (χ1n) is 3.41. The molecule has 0 N–H and O–H groups in total. The molecule has 0 unspecified atom stereocenters. The van der Waals surface area contributed by atoms with Gasteiger partial charge in [0.2, 0.25) is 0 Å². The molecular weight excluding hydrogens is 225 g/mol. The van der Waals surface area contributed by atoms with Crippen LogP contribution < -0.4 is 0 Å². The summed E-state index contributed by atoms with van der Waals surface area (Å²) in [5, 5.41) is 0. The standard InChI is InChI=1S/C7H12IN/c1-2-4-7-5-3-6-8-9-7/h3,6-7H,2,4-5H2,1H3/t7-/m0/s1. The van der Waals surface area contributed by atoms with Crippen LogP contribution in [0.1, 0.15) is 26.2 Å². The Kier molecular flexibility index (Phi) is 3.40. The summed E-state index contributed by atoms with van der Waals surface area (Å²) in [6.07, 6.45) is 6.07. The summed E-state index contributed by atoms with van der Waals surface area (Å²) in [7, 11) is 0. The van der Waals surface area contributed by atoms with E-state index in [4.69, 9.17) is 0 Å². The molecule has 1 rings (SSSR count). The molecule has 0 spiro atoms. The first-order chi connectivity index (χ1) is 4.43. The SMILES string of the molecule is CCC[C@H]1CC=CI=N1. The molecule has 1 heterocycles. The van der Waals surface area contributed by atoms with Gasteiger partial charge in [0.05, 0.1) is 6.04 Å². The molecule has 1 nitrogen and oxygen atoms in total. The van der Waals surface area contributed by atoms with Gasteiger partial charge in [-0.1, -0.05) is 19.4 Å². The lowest BCUT2D eigenvalue weighted by Crippen LogP contribution is -2.00. The van der Waals surface area contributed by atoms with Crippen molar-refractivity contribution in [3.63, 3.8) is 0 Å². The van der Waals surface area contributed by atoms with Gasteiger partial charge in [-0.25, -0.2) is 0 Å². The maximum absolute atomic E-state index is 4.54. The molecule has 0 saturated heterocycles. The molecule has 0 aromatic heterocycles. The molecule has 0 aliphatic carbocycles. The number of hydrogen-bond acceptors (Lipinski definition) is 1. The molecule has 1 aliphatic rings. The molecule has 2 heteroatoms.